The van der Waals surface area contributed by atoms with Gasteiger partial charge in [0.2, 0.25) is 0 Å². The van der Waals surface area contributed by atoms with Crippen LogP contribution in [0.25, 0.3) is 0 Å². The molecule has 0 unspecified atom stereocenters. The molecule has 0 aliphatic rings. The summed E-state index contributed by atoms with van der Waals surface area (Å²) in [6.07, 6.45) is 1.88. The van der Waals surface area contributed by atoms with Crippen LogP contribution in [0, 0.1) is 0 Å². The number of nitrogens with zero attached hydrogens (tertiary/aromatic N) is 2. The molecule has 2 amide bonds. The summed E-state index contributed by atoms with van der Waals surface area (Å²) in [7, 11) is 0. The zero-order valence-electron chi connectivity index (χ0n) is 7.82. The topological polar surface area (TPSA) is 72.9 Å². The van der Waals surface area contributed by atoms with E-state index in [-0.39, 0.29) is 0 Å². The molecule has 1 heterocycles. The first kappa shape index (κ1) is 9.57. The van der Waals surface area contributed by atoms with E-state index in [1.54, 1.807) is 0 Å². The molecule has 0 radical (unpaired) electrons. The Morgan fingerprint density at radius 3 is 2.92 bits per heavy atom. The van der Waals surface area contributed by atoms with Crippen molar-refractivity contribution in [3.05, 3.63) is 18.0 Å². The second kappa shape index (κ2) is 3.93. The molecule has 1 aromatic heterocycles. The van der Waals surface area contributed by atoms with Crippen LogP contribution in [-0.2, 0) is 6.54 Å². The summed E-state index contributed by atoms with van der Waals surface area (Å²) in [4.78, 5) is 10.4. The van der Waals surface area contributed by atoms with Crippen LogP contribution in [0.4, 0.5) is 4.79 Å². The van der Waals surface area contributed by atoms with Crippen molar-refractivity contribution in [3.8, 4) is 0 Å². The summed E-state index contributed by atoms with van der Waals surface area (Å²) in [5, 5.41) is 6.71. The largest absolute Gasteiger partial charge is 0.352 e. The minimum absolute atomic E-state index is 0.335. The SMILES string of the molecule is CC(C)n1ccc(CNC(N)=O)n1. The molecule has 3 N–H and O–H groups in total. The van der Waals surface area contributed by atoms with E-state index in [9.17, 15) is 4.79 Å². The molecule has 0 spiro atoms. The number of hydrogen-bond donors (Lipinski definition) is 2. The molecule has 0 bridgehead atoms. The number of primary amides is 1. The highest BCUT2D eigenvalue weighted by Crippen LogP contribution is 2.03. The van der Waals surface area contributed by atoms with Gasteiger partial charge in [0.05, 0.1) is 12.2 Å². The summed E-state index contributed by atoms with van der Waals surface area (Å²) < 4.78 is 1.83. The lowest BCUT2D eigenvalue weighted by Crippen LogP contribution is -2.28. The van der Waals surface area contributed by atoms with Crippen molar-refractivity contribution >= 4 is 6.03 Å². The smallest absolute Gasteiger partial charge is 0.312 e. The Labute approximate surface area is 76.9 Å². The summed E-state index contributed by atoms with van der Waals surface area (Å²) in [5.74, 6) is 0. The molecule has 72 valence electrons. The average Bonchev–Trinajstić information content (AvgIpc) is 2.48. The van der Waals surface area contributed by atoms with Gasteiger partial charge < -0.3 is 11.1 Å². The van der Waals surface area contributed by atoms with Gasteiger partial charge in [0, 0.05) is 12.2 Å². The molecule has 0 aliphatic carbocycles. The van der Waals surface area contributed by atoms with E-state index in [1.165, 1.54) is 0 Å². The molecular weight excluding hydrogens is 168 g/mol. The highest BCUT2D eigenvalue weighted by atomic mass is 16.2. The van der Waals surface area contributed by atoms with Crippen LogP contribution < -0.4 is 11.1 Å². The number of rotatable bonds is 3. The molecule has 0 atom stereocenters. The molecule has 5 heteroatoms. The van der Waals surface area contributed by atoms with Gasteiger partial charge in [0.15, 0.2) is 0 Å². The normalized spacial score (nSPS) is 10.4. The third-order valence-corrected chi connectivity index (χ3v) is 1.64. The van der Waals surface area contributed by atoms with Crippen molar-refractivity contribution in [1.29, 1.82) is 0 Å². The quantitative estimate of drug-likeness (QED) is 0.719. The van der Waals surface area contributed by atoms with Crippen LogP contribution in [0.15, 0.2) is 12.3 Å². The van der Waals surface area contributed by atoms with Gasteiger partial charge >= 0.3 is 6.03 Å². The van der Waals surface area contributed by atoms with E-state index in [2.05, 4.69) is 10.4 Å². The molecule has 5 nitrogen and oxygen atoms in total. The minimum atomic E-state index is -0.529. The van der Waals surface area contributed by atoms with Gasteiger partial charge in [-0.05, 0) is 19.9 Å². The van der Waals surface area contributed by atoms with Gasteiger partial charge in [-0.25, -0.2) is 4.79 Å². The second-order valence-electron chi connectivity index (χ2n) is 3.10. The Hall–Kier alpha value is -1.52. The molecule has 1 rings (SSSR count). The van der Waals surface area contributed by atoms with Gasteiger partial charge in [0.1, 0.15) is 0 Å². The maximum Gasteiger partial charge on any atom is 0.312 e. The number of amides is 2. The summed E-state index contributed by atoms with van der Waals surface area (Å²) in [6, 6.07) is 1.66. The van der Waals surface area contributed by atoms with E-state index in [0.717, 1.165) is 5.69 Å². The first-order chi connectivity index (χ1) is 6.09. The van der Waals surface area contributed by atoms with Crippen molar-refractivity contribution in [2.45, 2.75) is 26.4 Å². The number of aromatic nitrogens is 2. The Bertz CT molecular complexity index is 292. The van der Waals surface area contributed by atoms with Crippen molar-refractivity contribution < 1.29 is 4.79 Å². The van der Waals surface area contributed by atoms with Crippen LogP contribution >= 0.6 is 0 Å². The van der Waals surface area contributed by atoms with Crippen molar-refractivity contribution in [2.75, 3.05) is 0 Å². The molecule has 0 fully saturated rings. The van der Waals surface area contributed by atoms with Gasteiger partial charge in [0.25, 0.3) is 0 Å². The van der Waals surface area contributed by atoms with Crippen molar-refractivity contribution in [2.24, 2.45) is 5.73 Å². The van der Waals surface area contributed by atoms with E-state index in [4.69, 9.17) is 5.73 Å². The number of carbonyl (C=O) groups excluding carboxylic acids is 1. The highest BCUT2D eigenvalue weighted by molar-refractivity contribution is 5.71. The fraction of sp³-hybridized carbons (Fsp3) is 0.500. The molecule has 1 aromatic rings. The monoisotopic (exact) mass is 182 g/mol. The van der Waals surface area contributed by atoms with Crippen LogP contribution in [0.2, 0.25) is 0 Å². The van der Waals surface area contributed by atoms with E-state index >= 15 is 0 Å². The Morgan fingerprint density at radius 2 is 2.46 bits per heavy atom. The van der Waals surface area contributed by atoms with Crippen LogP contribution in [0.1, 0.15) is 25.6 Å². The number of nitrogens with two attached hydrogens (primary N) is 1. The highest BCUT2D eigenvalue weighted by Gasteiger charge is 2.01. The predicted molar refractivity (Wildman–Crippen MR) is 49.0 cm³/mol. The number of urea groups is 1. The Morgan fingerprint density at radius 1 is 1.77 bits per heavy atom. The summed E-state index contributed by atoms with van der Waals surface area (Å²) in [5.41, 5.74) is 5.73. The van der Waals surface area contributed by atoms with Crippen molar-refractivity contribution in [1.82, 2.24) is 15.1 Å². The molecule has 0 aliphatic heterocycles. The van der Waals surface area contributed by atoms with E-state index < -0.39 is 6.03 Å². The molecule has 0 saturated heterocycles. The lowest BCUT2D eigenvalue weighted by molar-refractivity contribution is 0.248. The fourth-order valence-corrected chi connectivity index (χ4v) is 0.937. The molecule has 13 heavy (non-hydrogen) atoms. The minimum Gasteiger partial charge on any atom is -0.352 e. The lowest BCUT2D eigenvalue weighted by Gasteiger charge is -2.03. The standard InChI is InChI=1S/C8H14N4O/c1-6(2)12-4-3-7(11-12)5-10-8(9)13/h3-4,6H,5H2,1-2H3,(H3,9,10,13). The van der Waals surface area contributed by atoms with Crippen molar-refractivity contribution in [3.63, 3.8) is 0 Å². The van der Waals surface area contributed by atoms with Crippen LogP contribution in [-0.4, -0.2) is 15.8 Å². The van der Waals surface area contributed by atoms with Crippen LogP contribution in [0.3, 0.4) is 0 Å². The van der Waals surface area contributed by atoms with Gasteiger partial charge in [-0.3, -0.25) is 4.68 Å². The number of carbonyl (C=O) groups is 1. The molecular formula is C8H14N4O. The Kier molecular flexibility index (Phi) is 2.89. The van der Waals surface area contributed by atoms with Gasteiger partial charge in [-0.1, -0.05) is 0 Å². The zero-order valence-corrected chi connectivity index (χ0v) is 7.82. The predicted octanol–water partition coefficient (Wildman–Crippen LogP) is 0.632. The zero-order chi connectivity index (χ0) is 9.84. The third-order valence-electron chi connectivity index (χ3n) is 1.64. The van der Waals surface area contributed by atoms with Gasteiger partial charge in [-0.15, -0.1) is 0 Å². The third kappa shape index (κ3) is 2.77. The first-order valence-electron chi connectivity index (χ1n) is 4.17. The Balaban J connectivity index is 2.54. The van der Waals surface area contributed by atoms with E-state index in [0.29, 0.717) is 12.6 Å². The average molecular weight is 182 g/mol. The summed E-state index contributed by atoms with van der Waals surface area (Å²) >= 11 is 0. The van der Waals surface area contributed by atoms with Crippen LogP contribution in [0.5, 0.6) is 0 Å². The number of hydrogen-bond acceptors (Lipinski definition) is 2. The molecule has 0 saturated carbocycles. The molecule has 0 aromatic carbocycles. The lowest BCUT2D eigenvalue weighted by atomic mass is 10.4. The maximum atomic E-state index is 10.4. The fourth-order valence-electron chi connectivity index (χ4n) is 0.937. The second-order valence-corrected chi connectivity index (χ2v) is 3.10. The maximum absolute atomic E-state index is 10.4. The number of nitrogens with one attached hydrogen (secondary N) is 1. The summed E-state index contributed by atoms with van der Waals surface area (Å²) in [6.45, 7) is 4.46. The first-order valence-corrected chi connectivity index (χ1v) is 4.17. The van der Waals surface area contributed by atoms with E-state index in [1.807, 2.05) is 30.8 Å². The van der Waals surface area contributed by atoms with Gasteiger partial charge in [-0.2, -0.15) is 5.10 Å².